The number of carbonyl (C=O) groups is 2. The minimum Gasteiger partial charge on any atom is -0.484 e. The predicted molar refractivity (Wildman–Crippen MR) is 125 cm³/mol. The van der Waals surface area contributed by atoms with Gasteiger partial charge in [0.05, 0.1) is 11.6 Å². The average molecular weight is 438 g/mol. The standard InChI is InChI=1S/C22H21NO2S.C3H6O2/c1-15-19-8-5-9-20(19)26-22(15)23-21(24)14-25-18-12-10-17(11-13-18)16-6-3-2-4-7-16;1-2-5-3-4/h2-4,6-7,10-13H,5,8-9,14H2,1H3,(H,23,24);3H,2H2,1H3. The smallest absolute Gasteiger partial charge is 0.293 e. The van der Waals surface area contributed by atoms with Crippen molar-refractivity contribution in [2.45, 2.75) is 33.1 Å². The second-order valence-electron chi connectivity index (χ2n) is 7.09. The Kier molecular flexibility index (Phi) is 8.24. The highest BCUT2D eigenvalue weighted by Gasteiger charge is 2.20. The molecule has 1 heterocycles. The third-order valence-electron chi connectivity index (χ3n) is 5.00. The minimum atomic E-state index is -0.111. The van der Waals surface area contributed by atoms with Crippen LogP contribution in [-0.2, 0) is 27.2 Å². The number of nitrogens with one attached hydrogen (secondary N) is 1. The number of hydrogen-bond donors (Lipinski definition) is 1. The highest BCUT2D eigenvalue weighted by Crippen LogP contribution is 2.38. The SMILES string of the molecule is CCOC=O.Cc1c(NC(=O)COc2ccc(-c3ccccc3)cc2)sc2c1CCC2. The Hall–Kier alpha value is -3.12. The number of carbonyl (C=O) groups excluding carboxylic acids is 2. The highest BCUT2D eigenvalue weighted by molar-refractivity contribution is 7.16. The number of aryl methyl sites for hydroxylation is 1. The molecule has 3 aromatic rings. The normalized spacial score (nSPS) is 11.7. The van der Waals surface area contributed by atoms with Gasteiger partial charge in [-0.15, -0.1) is 11.3 Å². The number of thiophene rings is 1. The fourth-order valence-electron chi connectivity index (χ4n) is 3.44. The van der Waals surface area contributed by atoms with Crippen LogP contribution in [0, 0.1) is 6.92 Å². The summed E-state index contributed by atoms with van der Waals surface area (Å²) in [5, 5.41) is 3.98. The van der Waals surface area contributed by atoms with Crippen molar-refractivity contribution in [1.29, 1.82) is 0 Å². The van der Waals surface area contributed by atoms with E-state index in [0.29, 0.717) is 18.8 Å². The molecular formula is C25H27NO4S. The molecule has 0 saturated heterocycles. The van der Waals surface area contributed by atoms with Gasteiger partial charge in [0, 0.05) is 4.88 Å². The van der Waals surface area contributed by atoms with E-state index in [1.54, 1.807) is 18.3 Å². The molecule has 1 aliphatic rings. The van der Waals surface area contributed by atoms with Crippen molar-refractivity contribution in [2.75, 3.05) is 18.5 Å². The van der Waals surface area contributed by atoms with Crippen molar-refractivity contribution in [3.63, 3.8) is 0 Å². The number of amides is 1. The van der Waals surface area contributed by atoms with E-state index in [-0.39, 0.29) is 12.5 Å². The van der Waals surface area contributed by atoms with Gasteiger partial charge in [-0.2, -0.15) is 0 Å². The summed E-state index contributed by atoms with van der Waals surface area (Å²) in [5.41, 5.74) is 4.95. The summed E-state index contributed by atoms with van der Waals surface area (Å²) in [4.78, 5) is 22.8. The molecule has 1 aromatic heterocycles. The van der Waals surface area contributed by atoms with Gasteiger partial charge in [-0.05, 0) is 67.5 Å². The Morgan fingerprint density at radius 1 is 1.06 bits per heavy atom. The van der Waals surface area contributed by atoms with Gasteiger partial charge >= 0.3 is 0 Å². The molecule has 1 N–H and O–H groups in total. The number of rotatable bonds is 7. The molecule has 0 atom stereocenters. The number of hydrogen-bond acceptors (Lipinski definition) is 5. The molecule has 2 aromatic carbocycles. The molecule has 4 rings (SSSR count). The van der Waals surface area contributed by atoms with Crippen molar-refractivity contribution in [1.82, 2.24) is 0 Å². The summed E-state index contributed by atoms with van der Waals surface area (Å²) in [6.07, 6.45) is 3.51. The van der Waals surface area contributed by atoms with Gasteiger partial charge in [0.15, 0.2) is 6.61 Å². The first-order valence-electron chi connectivity index (χ1n) is 10.4. The van der Waals surface area contributed by atoms with Gasteiger partial charge in [-0.25, -0.2) is 0 Å². The molecule has 0 bridgehead atoms. The molecule has 0 unspecified atom stereocenters. The maximum Gasteiger partial charge on any atom is 0.293 e. The van der Waals surface area contributed by atoms with Crippen molar-refractivity contribution in [3.05, 3.63) is 70.6 Å². The molecule has 31 heavy (non-hydrogen) atoms. The summed E-state index contributed by atoms with van der Waals surface area (Å²) >= 11 is 1.71. The third kappa shape index (κ3) is 6.18. The van der Waals surface area contributed by atoms with Crippen LogP contribution in [0.25, 0.3) is 11.1 Å². The molecule has 0 radical (unpaired) electrons. The number of anilines is 1. The van der Waals surface area contributed by atoms with Crippen LogP contribution < -0.4 is 10.1 Å². The zero-order valence-corrected chi connectivity index (χ0v) is 18.7. The summed E-state index contributed by atoms with van der Waals surface area (Å²) in [6, 6.07) is 18.0. The van der Waals surface area contributed by atoms with E-state index in [1.165, 1.54) is 22.4 Å². The molecule has 1 amide bonds. The lowest BCUT2D eigenvalue weighted by Crippen LogP contribution is -2.20. The Bertz CT molecular complexity index is 996. The van der Waals surface area contributed by atoms with Crippen LogP contribution in [0.4, 0.5) is 5.00 Å². The van der Waals surface area contributed by atoms with Gasteiger partial charge in [-0.1, -0.05) is 42.5 Å². The van der Waals surface area contributed by atoms with E-state index in [2.05, 4.69) is 29.1 Å². The van der Waals surface area contributed by atoms with Gasteiger partial charge in [-0.3, -0.25) is 9.59 Å². The van der Waals surface area contributed by atoms with Crippen LogP contribution >= 0.6 is 11.3 Å². The maximum atomic E-state index is 12.2. The molecular weight excluding hydrogens is 410 g/mol. The van der Waals surface area contributed by atoms with E-state index in [9.17, 15) is 9.59 Å². The minimum absolute atomic E-state index is 0.0205. The van der Waals surface area contributed by atoms with Crippen LogP contribution in [0.2, 0.25) is 0 Å². The largest absolute Gasteiger partial charge is 0.484 e. The lowest BCUT2D eigenvalue weighted by molar-refractivity contribution is -0.128. The monoisotopic (exact) mass is 437 g/mol. The van der Waals surface area contributed by atoms with Gasteiger partial charge in [0.25, 0.3) is 12.4 Å². The van der Waals surface area contributed by atoms with Gasteiger partial charge in [0.2, 0.25) is 0 Å². The Morgan fingerprint density at radius 3 is 2.39 bits per heavy atom. The highest BCUT2D eigenvalue weighted by atomic mass is 32.1. The van der Waals surface area contributed by atoms with Crippen molar-refractivity contribution in [2.24, 2.45) is 0 Å². The zero-order chi connectivity index (χ0) is 22.1. The second kappa shape index (κ2) is 11.3. The van der Waals surface area contributed by atoms with Crippen LogP contribution in [0.1, 0.15) is 29.3 Å². The molecule has 162 valence electrons. The Morgan fingerprint density at radius 2 is 1.77 bits per heavy atom. The fraction of sp³-hybridized carbons (Fsp3) is 0.280. The topological polar surface area (TPSA) is 64.6 Å². The first kappa shape index (κ1) is 22.6. The summed E-state index contributed by atoms with van der Waals surface area (Å²) in [6.45, 7) is 4.78. The average Bonchev–Trinajstić information content (AvgIpc) is 3.37. The molecule has 0 spiro atoms. The van der Waals surface area contributed by atoms with Gasteiger partial charge in [0.1, 0.15) is 5.75 Å². The molecule has 5 nitrogen and oxygen atoms in total. The van der Waals surface area contributed by atoms with E-state index in [1.807, 2.05) is 42.5 Å². The second-order valence-corrected chi connectivity index (χ2v) is 8.20. The molecule has 0 fully saturated rings. The number of ether oxygens (including phenoxy) is 2. The van der Waals surface area contributed by atoms with E-state index in [0.717, 1.165) is 29.0 Å². The summed E-state index contributed by atoms with van der Waals surface area (Å²) < 4.78 is 9.79. The Balaban J connectivity index is 0.000000491. The zero-order valence-electron chi connectivity index (χ0n) is 17.9. The van der Waals surface area contributed by atoms with Crippen molar-refractivity contribution < 1.29 is 19.1 Å². The van der Waals surface area contributed by atoms with E-state index < -0.39 is 0 Å². The number of benzene rings is 2. The third-order valence-corrected chi connectivity index (χ3v) is 6.31. The predicted octanol–water partition coefficient (Wildman–Crippen LogP) is 5.41. The molecule has 0 saturated carbocycles. The Labute approximate surface area is 187 Å². The van der Waals surface area contributed by atoms with Crippen LogP contribution in [-0.4, -0.2) is 25.6 Å². The fourth-order valence-corrected chi connectivity index (χ4v) is 4.75. The van der Waals surface area contributed by atoms with Crippen molar-refractivity contribution >= 4 is 28.7 Å². The summed E-state index contributed by atoms with van der Waals surface area (Å²) in [7, 11) is 0. The van der Waals surface area contributed by atoms with Gasteiger partial charge < -0.3 is 14.8 Å². The molecule has 1 aliphatic carbocycles. The lowest BCUT2D eigenvalue weighted by Gasteiger charge is -2.08. The lowest BCUT2D eigenvalue weighted by atomic mass is 10.1. The van der Waals surface area contributed by atoms with Crippen LogP contribution in [0.5, 0.6) is 5.75 Å². The van der Waals surface area contributed by atoms with Crippen LogP contribution in [0.15, 0.2) is 54.6 Å². The van der Waals surface area contributed by atoms with Crippen LogP contribution in [0.3, 0.4) is 0 Å². The number of fused-ring (bicyclic) bond motifs is 1. The van der Waals surface area contributed by atoms with Crippen molar-refractivity contribution in [3.8, 4) is 16.9 Å². The molecule has 6 heteroatoms. The summed E-state index contributed by atoms with van der Waals surface area (Å²) in [5.74, 6) is 0.588. The first-order valence-corrected chi connectivity index (χ1v) is 11.2. The quantitative estimate of drug-likeness (QED) is 0.502. The van der Waals surface area contributed by atoms with E-state index >= 15 is 0 Å². The first-order chi connectivity index (χ1) is 15.1. The maximum absolute atomic E-state index is 12.2. The molecule has 0 aliphatic heterocycles. The van der Waals surface area contributed by atoms with E-state index in [4.69, 9.17) is 4.74 Å².